The molecule has 1 fully saturated rings. The van der Waals surface area contributed by atoms with Gasteiger partial charge in [0, 0.05) is 13.1 Å². The number of anilines is 2. The second-order valence-corrected chi connectivity index (χ2v) is 5.07. The lowest BCUT2D eigenvalue weighted by Crippen LogP contribution is -2.34. The minimum Gasteiger partial charge on any atom is -0.396 e. The molecular weight excluding hydrogens is 222 g/mol. The van der Waals surface area contributed by atoms with Crippen LogP contribution in [0.15, 0.2) is 18.2 Å². The molecule has 0 spiro atoms. The van der Waals surface area contributed by atoms with Crippen LogP contribution in [-0.2, 0) is 0 Å². The zero-order valence-electron chi connectivity index (χ0n) is 11.0. The number of piperidine rings is 1. The van der Waals surface area contributed by atoms with Crippen molar-refractivity contribution in [2.45, 2.75) is 32.6 Å². The molecule has 1 aromatic rings. The minimum absolute atomic E-state index is 0.586. The molecule has 2 N–H and O–H groups in total. The van der Waals surface area contributed by atoms with E-state index in [-0.39, 0.29) is 0 Å². The molecule has 0 atom stereocenters. The van der Waals surface area contributed by atoms with E-state index in [1.165, 1.54) is 25.7 Å². The predicted molar refractivity (Wildman–Crippen MR) is 75.4 cm³/mol. The summed E-state index contributed by atoms with van der Waals surface area (Å²) >= 11 is 0. The van der Waals surface area contributed by atoms with Gasteiger partial charge in [0.15, 0.2) is 0 Å². The Bertz CT molecular complexity index is 440. The molecule has 0 unspecified atom stereocenters. The Morgan fingerprint density at radius 1 is 1.39 bits per heavy atom. The maximum atomic E-state index is 9.00. The highest BCUT2D eigenvalue weighted by Gasteiger charge is 2.20. The summed E-state index contributed by atoms with van der Waals surface area (Å²) in [5.41, 5.74) is 8.30. The van der Waals surface area contributed by atoms with Crippen LogP contribution in [0.2, 0.25) is 0 Å². The van der Waals surface area contributed by atoms with Gasteiger partial charge in [-0.25, -0.2) is 0 Å². The fraction of sp³-hybridized carbons (Fsp3) is 0.533. The van der Waals surface area contributed by atoms with E-state index >= 15 is 0 Å². The van der Waals surface area contributed by atoms with Crippen molar-refractivity contribution >= 4 is 11.4 Å². The van der Waals surface area contributed by atoms with Gasteiger partial charge in [-0.1, -0.05) is 25.8 Å². The molecule has 2 rings (SSSR count). The van der Waals surface area contributed by atoms with Crippen molar-refractivity contribution in [1.82, 2.24) is 0 Å². The largest absolute Gasteiger partial charge is 0.396 e. The average molecular weight is 243 g/mol. The van der Waals surface area contributed by atoms with E-state index < -0.39 is 0 Å². The Morgan fingerprint density at radius 3 is 2.72 bits per heavy atom. The molecule has 1 aromatic carbocycles. The molecule has 1 aliphatic heterocycles. The first-order valence-corrected chi connectivity index (χ1v) is 6.79. The highest BCUT2D eigenvalue weighted by molar-refractivity contribution is 5.74. The van der Waals surface area contributed by atoms with Crippen LogP contribution >= 0.6 is 0 Å². The third kappa shape index (κ3) is 2.59. The first kappa shape index (κ1) is 12.8. The van der Waals surface area contributed by atoms with Crippen molar-refractivity contribution in [3.05, 3.63) is 23.8 Å². The van der Waals surface area contributed by atoms with E-state index in [4.69, 9.17) is 11.0 Å². The van der Waals surface area contributed by atoms with E-state index in [1.807, 2.05) is 12.1 Å². The molecule has 0 aromatic heterocycles. The van der Waals surface area contributed by atoms with E-state index in [0.29, 0.717) is 11.3 Å². The maximum absolute atomic E-state index is 9.00. The lowest BCUT2D eigenvalue weighted by molar-refractivity contribution is 0.378. The summed E-state index contributed by atoms with van der Waals surface area (Å²) in [5, 5.41) is 9.00. The van der Waals surface area contributed by atoms with Crippen LogP contribution in [0, 0.1) is 17.2 Å². The summed E-state index contributed by atoms with van der Waals surface area (Å²) in [5.74, 6) is 0.867. The van der Waals surface area contributed by atoms with Gasteiger partial charge in [-0.15, -0.1) is 0 Å². The van der Waals surface area contributed by atoms with Gasteiger partial charge in [0.05, 0.1) is 16.9 Å². The molecule has 0 radical (unpaired) electrons. The van der Waals surface area contributed by atoms with Gasteiger partial charge in [0.1, 0.15) is 6.07 Å². The van der Waals surface area contributed by atoms with E-state index in [2.05, 4.69) is 17.9 Å². The smallest absolute Gasteiger partial charge is 0.101 e. The second-order valence-electron chi connectivity index (χ2n) is 5.07. The molecule has 3 heteroatoms. The number of hydrogen-bond acceptors (Lipinski definition) is 3. The predicted octanol–water partition coefficient (Wildman–Crippen LogP) is 3.16. The highest BCUT2D eigenvalue weighted by atomic mass is 15.1. The van der Waals surface area contributed by atoms with Crippen LogP contribution in [-0.4, -0.2) is 13.1 Å². The topological polar surface area (TPSA) is 53.0 Å². The Balaban J connectivity index is 2.08. The Hall–Kier alpha value is -1.69. The van der Waals surface area contributed by atoms with Crippen molar-refractivity contribution in [3.8, 4) is 6.07 Å². The number of nitriles is 1. The van der Waals surface area contributed by atoms with E-state index in [0.717, 1.165) is 24.7 Å². The van der Waals surface area contributed by atoms with Crippen molar-refractivity contribution in [3.63, 3.8) is 0 Å². The monoisotopic (exact) mass is 243 g/mol. The van der Waals surface area contributed by atoms with Crippen molar-refractivity contribution in [1.29, 1.82) is 5.26 Å². The van der Waals surface area contributed by atoms with Crippen LogP contribution in [0.25, 0.3) is 0 Å². The molecule has 0 aliphatic carbocycles. The average Bonchev–Trinajstić information content (AvgIpc) is 2.41. The third-order valence-electron chi connectivity index (χ3n) is 3.86. The normalized spacial score (nSPS) is 16.6. The lowest BCUT2D eigenvalue weighted by Gasteiger charge is -2.34. The lowest BCUT2D eigenvalue weighted by atomic mass is 9.92. The van der Waals surface area contributed by atoms with Crippen LogP contribution in [0.3, 0.4) is 0 Å². The van der Waals surface area contributed by atoms with Gasteiger partial charge < -0.3 is 10.6 Å². The van der Waals surface area contributed by atoms with E-state index in [1.54, 1.807) is 6.07 Å². The number of para-hydroxylation sites is 1. The molecule has 1 heterocycles. The molecule has 0 saturated carbocycles. The molecule has 1 saturated heterocycles. The summed E-state index contributed by atoms with van der Waals surface area (Å²) in [6, 6.07) is 7.88. The fourth-order valence-corrected chi connectivity index (χ4v) is 2.80. The number of rotatable bonds is 3. The molecule has 0 bridgehead atoms. The first-order chi connectivity index (χ1) is 8.76. The van der Waals surface area contributed by atoms with Crippen LogP contribution < -0.4 is 10.6 Å². The van der Waals surface area contributed by atoms with Crippen LogP contribution in [0.4, 0.5) is 11.4 Å². The Morgan fingerprint density at radius 2 is 2.11 bits per heavy atom. The van der Waals surface area contributed by atoms with Gasteiger partial charge in [-0.2, -0.15) is 5.26 Å². The first-order valence-electron chi connectivity index (χ1n) is 6.79. The third-order valence-corrected chi connectivity index (χ3v) is 3.86. The summed E-state index contributed by atoms with van der Waals surface area (Å²) in [6.07, 6.45) is 5.09. The summed E-state index contributed by atoms with van der Waals surface area (Å²) in [4.78, 5) is 2.32. The minimum atomic E-state index is 0.586. The Kier molecular flexibility index (Phi) is 4.09. The number of nitrogens with zero attached hydrogens (tertiary/aromatic N) is 2. The zero-order chi connectivity index (χ0) is 13.0. The molecule has 18 heavy (non-hydrogen) atoms. The highest BCUT2D eigenvalue weighted by Crippen LogP contribution is 2.31. The molecule has 0 amide bonds. The quantitative estimate of drug-likeness (QED) is 0.830. The van der Waals surface area contributed by atoms with Gasteiger partial charge in [0.2, 0.25) is 0 Å². The molecule has 1 aliphatic rings. The molecule has 3 nitrogen and oxygen atoms in total. The summed E-state index contributed by atoms with van der Waals surface area (Å²) < 4.78 is 0. The second kappa shape index (κ2) is 5.77. The van der Waals surface area contributed by atoms with Crippen molar-refractivity contribution in [2.24, 2.45) is 5.92 Å². The SMILES string of the molecule is CCCC1CCN(c2cccc(C#N)c2N)CC1. The Labute approximate surface area is 109 Å². The summed E-state index contributed by atoms with van der Waals surface area (Å²) in [7, 11) is 0. The number of nitrogens with two attached hydrogens (primary N) is 1. The number of benzene rings is 1. The van der Waals surface area contributed by atoms with Crippen LogP contribution in [0.5, 0.6) is 0 Å². The van der Waals surface area contributed by atoms with Gasteiger partial charge in [0.25, 0.3) is 0 Å². The van der Waals surface area contributed by atoms with Crippen LogP contribution in [0.1, 0.15) is 38.2 Å². The van der Waals surface area contributed by atoms with Crippen molar-refractivity contribution in [2.75, 3.05) is 23.7 Å². The van der Waals surface area contributed by atoms with Crippen molar-refractivity contribution < 1.29 is 0 Å². The molecule has 96 valence electrons. The van der Waals surface area contributed by atoms with Gasteiger partial charge >= 0.3 is 0 Å². The summed E-state index contributed by atoms with van der Waals surface area (Å²) in [6.45, 7) is 4.37. The number of nitrogen functional groups attached to an aromatic ring is 1. The van der Waals surface area contributed by atoms with E-state index in [9.17, 15) is 0 Å². The van der Waals surface area contributed by atoms with Gasteiger partial charge in [-0.05, 0) is 30.9 Å². The zero-order valence-corrected chi connectivity index (χ0v) is 11.0. The standard InChI is InChI=1S/C15H21N3/c1-2-4-12-7-9-18(10-8-12)14-6-3-5-13(11-16)15(14)17/h3,5-6,12H,2,4,7-10,17H2,1H3. The number of hydrogen-bond donors (Lipinski definition) is 1. The maximum Gasteiger partial charge on any atom is 0.101 e. The molecular formula is C15H21N3. The fourth-order valence-electron chi connectivity index (χ4n) is 2.80. The van der Waals surface area contributed by atoms with Gasteiger partial charge in [-0.3, -0.25) is 0 Å².